The lowest BCUT2D eigenvalue weighted by molar-refractivity contribution is -0.116. The zero-order valence-corrected chi connectivity index (χ0v) is 19.7. The molecular weight excluding hydrogens is 487 g/mol. The van der Waals surface area contributed by atoms with Gasteiger partial charge in [0.05, 0.1) is 21.5 Å². The summed E-state index contributed by atoms with van der Waals surface area (Å²) >= 11 is 12.1. The van der Waals surface area contributed by atoms with Crippen molar-refractivity contribution in [2.45, 2.75) is 11.4 Å². The molecule has 0 atom stereocenters. The van der Waals surface area contributed by atoms with Gasteiger partial charge in [0, 0.05) is 18.3 Å². The van der Waals surface area contributed by atoms with E-state index in [1.807, 2.05) is 0 Å². The van der Waals surface area contributed by atoms with Gasteiger partial charge in [0.1, 0.15) is 13.2 Å². The molecule has 10 heteroatoms. The first-order valence-electron chi connectivity index (χ1n) is 10.0. The summed E-state index contributed by atoms with van der Waals surface area (Å²) in [5.41, 5.74) is 1.06. The molecule has 0 bridgehead atoms. The lowest BCUT2D eigenvalue weighted by Crippen LogP contribution is -2.37. The third kappa shape index (κ3) is 5.59. The van der Waals surface area contributed by atoms with Crippen molar-refractivity contribution in [3.63, 3.8) is 0 Å². The molecule has 1 aliphatic rings. The number of amides is 1. The summed E-state index contributed by atoms with van der Waals surface area (Å²) in [6.45, 7) is 0.394. The molecule has 3 aromatic rings. The van der Waals surface area contributed by atoms with Crippen LogP contribution >= 0.6 is 23.2 Å². The van der Waals surface area contributed by atoms with E-state index in [9.17, 15) is 13.2 Å². The lowest BCUT2D eigenvalue weighted by Gasteiger charge is -2.23. The first-order valence-corrected chi connectivity index (χ1v) is 12.2. The Morgan fingerprint density at radius 2 is 1.64 bits per heavy atom. The molecule has 33 heavy (non-hydrogen) atoms. The molecule has 172 valence electrons. The highest BCUT2D eigenvalue weighted by molar-refractivity contribution is 7.89. The smallest absolute Gasteiger partial charge is 0.243 e. The maximum Gasteiger partial charge on any atom is 0.243 e. The van der Waals surface area contributed by atoms with Crippen LogP contribution in [-0.2, 0) is 21.4 Å². The number of ether oxygens (including phenoxy) is 2. The standard InChI is InChI=1S/C23H20Cl2N2O5S/c24-19-8-6-16(12-20(19)25)14-27(33(29,30)18-4-2-1-3-5-18)15-23(28)26-17-7-9-21-22(13-17)32-11-10-31-21/h1-9,12-13H,10-11,14-15H2,(H,26,28). The average molecular weight is 507 g/mol. The zero-order valence-electron chi connectivity index (χ0n) is 17.3. The molecule has 0 radical (unpaired) electrons. The molecule has 3 aromatic carbocycles. The first kappa shape index (κ1) is 23.4. The Morgan fingerprint density at radius 3 is 2.36 bits per heavy atom. The van der Waals surface area contributed by atoms with Crippen LogP contribution in [0.3, 0.4) is 0 Å². The summed E-state index contributed by atoms with van der Waals surface area (Å²) < 4.78 is 38.7. The van der Waals surface area contributed by atoms with E-state index in [2.05, 4.69) is 5.32 Å². The molecule has 0 aromatic heterocycles. The van der Waals surface area contributed by atoms with Crippen molar-refractivity contribution in [1.82, 2.24) is 4.31 Å². The number of halogens is 2. The minimum atomic E-state index is -3.97. The van der Waals surface area contributed by atoms with Crippen molar-refractivity contribution in [1.29, 1.82) is 0 Å². The molecule has 1 aliphatic heterocycles. The minimum Gasteiger partial charge on any atom is -0.486 e. The van der Waals surface area contributed by atoms with Crippen molar-refractivity contribution < 1.29 is 22.7 Å². The Hall–Kier alpha value is -2.78. The number of nitrogens with one attached hydrogen (secondary N) is 1. The monoisotopic (exact) mass is 506 g/mol. The maximum atomic E-state index is 13.3. The van der Waals surface area contributed by atoms with Crippen molar-refractivity contribution in [2.75, 3.05) is 25.1 Å². The minimum absolute atomic E-state index is 0.0668. The van der Waals surface area contributed by atoms with E-state index in [0.29, 0.717) is 46.0 Å². The predicted molar refractivity (Wildman–Crippen MR) is 127 cm³/mol. The maximum absolute atomic E-state index is 13.3. The molecule has 7 nitrogen and oxygen atoms in total. The van der Waals surface area contributed by atoms with Gasteiger partial charge in [0.15, 0.2) is 11.5 Å². The topological polar surface area (TPSA) is 84.9 Å². The summed E-state index contributed by atoms with van der Waals surface area (Å²) in [7, 11) is -3.97. The van der Waals surface area contributed by atoms with Crippen molar-refractivity contribution in [3.8, 4) is 11.5 Å². The second kappa shape index (κ2) is 10.0. The van der Waals surface area contributed by atoms with Crippen LogP contribution in [0.5, 0.6) is 11.5 Å². The Morgan fingerprint density at radius 1 is 0.909 bits per heavy atom. The van der Waals surface area contributed by atoms with Crippen LogP contribution in [0.15, 0.2) is 71.6 Å². The third-order valence-corrected chi connectivity index (χ3v) is 7.41. The van der Waals surface area contributed by atoms with Crippen molar-refractivity contribution in [2.24, 2.45) is 0 Å². The molecule has 0 spiro atoms. The molecule has 0 fully saturated rings. The fourth-order valence-corrected chi connectivity index (χ4v) is 5.02. The summed E-state index contributed by atoms with van der Waals surface area (Å²) in [6.07, 6.45) is 0. The Balaban J connectivity index is 1.57. The van der Waals surface area contributed by atoms with Crippen LogP contribution in [0, 0.1) is 0 Å². The van der Waals surface area contributed by atoms with E-state index < -0.39 is 22.5 Å². The van der Waals surface area contributed by atoms with E-state index in [-0.39, 0.29) is 11.4 Å². The normalized spacial score (nSPS) is 13.1. The highest BCUT2D eigenvalue weighted by atomic mass is 35.5. The van der Waals surface area contributed by atoms with Gasteiger partial charge < -0.3 is 14.8 Å². The molecule has 0 saturated heterocycles. The van der Waals surface area contributed by atoms with E-state index in [1.54, 1.807) is 54.6 Å². The molecule has 1 N–H and O–H groups in total. The van der Waals surface area contributed by atoms with Crippen LogP contribution in [0.1, 0.15) is 5.56 Å². The molecule has 0 aliphatic carbocycles. The number of carbonyl (C=O) groups is 1. The van der Waals surface area contributed by atoms with Gasteiger partial charge in [0.25, 0.3) is 0 Å². The molecule has 0 unspecified atom stereocenters. The Bertz CT molecular complexity index is 1270. The zero-order chi connectivity index (χ0) is 23.4. The molecule has 1 amide bonds. The number of sulfonamides is 1. The average Bonchev–Trinajstić information content (AvgIpc) is 2.81. The number of hydrogen-bond acceptors (Lipinski definition) is 5. The quantitative estimate of drug-likeness (QED) is 0.506. The summed E-state index contributed by atoms with van der Waals surface area (Å²) in [5.74, 6) is 0.599. The van der Waals surface area contributed by atoms with Crippen LogP contribution in [0.25, 0.3) is 0 Å². The number of anilines is 1. The number of carbonyl (C=O) groups excluding carboxylic acids is 1. The van der Waals surface area contributed by atoms with Crippen LogP contribution in [0.4, 0.5) is 5.69 Å². The van der Waals surface area contributed by atoms with Gasteiger partial charge in [-0.15, -0.1) is 0 Å². The summed E-state index contributed by atoms with van der Waals surface area (Å²) in [6, 6.07) is 17.8. The molecule has 0 saturated carbocycles. The number of hydrogen-bond donors (Lipinski definition) is 1. The lowest BCUT2D eigenvalue weighted by atomic mass is 10.2. The molecule has 4 rings (SSSR count). The number of benzene rings is 3. The highest BCUT2D eigenvalue weighted by Crippen LogP contribution is 2.32. The van der Waals surface area contributed by atoms with E-state index in [4.69, 9.17) is 32.7 Å². The molecule has 1 heterocycles. The Kier molecular flexibility index (Phi) is 7.09. The second-order valence-electron chi connectivity index (χ2n) is 7.24. The van der Waals surface area contributed by atoms with E-state index >= 15 is 0 Å². The SMILES string of the molecule is O=C(CN(Cc1ccc(Cl)c(Cl)c1)S(=O)(=O)c1ccccc1)Nc1ccc2c(c1)OCCO2. The van der Waals surface area contributed by atoms with Crippen LogP contribution < -0.4 is 14.8 Å². The van der Waals surface area contributed by atoms with Gasteiger partial charge in [-0.1, -0.05) is 47.5 Å². The van der Waals surface area contributed by atoms with E-state index in [1.165, 1.54) is 12.1 Å². The number of nitrogens with zero attached hydrogens (tertiary/aromatic N) is 1. The fraction of sp³-hybridized carbons (Fsp3) is 0.174. The number of rotatable bonds is 7. The van der Waals surface area contributed by atoms with Gasteiger partial charge in [-0.2, -0.15) is 4.31 Å². The first-order chi connectivity index (χ1) is 15.8. The van der Waals surface area contributed by atoms with Gasteiger partial charge in [-0.3, -0.25) is 4.79 Å². The highest BCUT2D eigenvalue weighted by Gasteiger charge is 2.27. The molecular formula is C23H20Cl2N2O5S. The number of fused-ring (bicyclic) bond motifs is 1. The van der Waals surface area contributed by atoms with Crippen LogP contribution in [0.2, 0.25) is 10.0 Å². The summed E-state index contributed by atoms with van der Waals surface area (Å²) in [4.78, 5) is 12.9. The van der Waals surface area contributed by atoms with Gasteiger partial charge >= 0.3 is 0 Å². The fourth-order valence-electron chi connectivity index (χ4n) is 3.29. The second-order valence-corrected chi connectivity index (χ2v) is 9.99. The third-order valence-electron chi connectivity index (χ3n) is 4.87. The van der Waals surface area contributed by atoms with Crippen molar-refractivity contribution in [3.05, 3.63) is 82.3 Å². The van der Waals surface area contributed by atoms with Gasteiger partial charge in [0.2, 0.25) is 15.9 Å². The van der Waals surface area contributed by atoms with Crippen molar-refractivity contribution >= 4 is 44.8 Å². The Labute approximate surface area is 201 Å². The van der Waals surface area contributed by atoms with Gasteiger partial charge in [-0.05, 0) is 42.0 Å². The summed E-state index contributed by atoms with van der Waals surface area (Å²) in [5, 5.41) is 3.38. The van der Waals surface area contributed by atoms with Gasteiger partial charge in [-0.25, -0.2) is 8.42 Å². The van der Waals surface area contributed by atoms with E-state index in [0.717, 1.165) is 4.31 Å². The predicted octanol–water partition coefficient (Wildman–Crippen LogP) is 4.59. The largest absolute Gasteiger partial charge is 0.486 e. The van der Waals surface area contributed by atoms with Crippen LogP contribution in [-0.4, -0.2) is 38.4 Å².